The van der Waals surface area contributed by atoms with Crippen LogP contribution in [-0.2, 0) is 10.0 Å². The van der Waals surface area contributed by atoms with Gasteiger partial charge in [-0.25, -0.2) is 8.42 Å². The lowest BCUT2D eigenvalue weighted by Gasteiger charge is -2.22. The minimum atomic E-state index is -3.50. The lowest BCUT2D eigenvalue weighted by atomic mass is 10.2. The molecule has 4 nitrogen and oxygen atoms in total. The van der Waals surface area contributed by atoms with Crippen LogP contribution in [0.4, 0.5) is 5.69 Å². The van der Waals surface area contributed by atoms with Gasteiger partial charge in [-0.2, -0.15) is 4.31 Å². The van der Waals surface area contributed by atoms with Crippen LogP contribution in [0.3, 0.4) is 0 Å². The van der Waals surface area contributed by atoms with Gasteiger partial charge < -0.3 is 5.73 Å². The Morgan fingerprint density at radius 1 is 1.19 bits per heavy atom. The number of hydrogen-bond acceptors (Lipinski definition) is 3. The smallest absolute Gasteiger partial charge is 0.243 e. The molecule has 0 aromatic heterocycles. The number of sulfonamides is 1. The van der Waals surface area contributed by atoms with Gasteiger partial charge in [0.25, 0.3) is 0 Å². The third-order valence-corrected chi connectivity index (χ3v) is 6.52. The number of nitrogens with zero attached hydrogens (tertiary/aromatic N) is 1. The van der Waals surface area contributed by atoms with E-state index in [0.29, 0.717) is 35.6 Å². The molecule has 3 rings (SSSR count). The van der Waals surface area contributed by atoms with Gasteiger partial charge >= 0.3 is 0 Å². The maximum Gasteiger partial charge on any atom is 0.243 e. The highest BCUT2D eigenvalue weighted by Gasteiger charge is 2.36. The summed E-state index contributed by atoms with van der Waals surface area (Å²) in [5.74, 6) is 1.05. The second kappa shape index (κ2) is 5.45. The summed E-state index contributed by atoms with van der Waals surface area (Å²) in [4.78, 5) is 0.219. The van der Waals surface area contributed by atoms with Gasteiger partial charge in [0.1, 0.15) is 0 Å². The molecular formula is C15H21ClN2O2S. The lowest BCUT2D eigenvalue weighted by molar-refractivity contribution is 0.382. The molecule has 116 valence electrons. The van der Waals surface area contributed by atoms with Crippen LogP contribution < -0.4 is 5.73 Å². The summed E-state index contributed by atoms with van der Waals surface area (Å²) < 4.78 is 27.4. The van der Waals surface area contributed by atoms with Gasteiger partial charge in [0.2, 0.25) is 10.0 Å². The Balaban J connectivity index is 1.91. The van der Waals surface area contributed by atoms with Crippen LogP contribution in [0.1, 0.15) is 31.2 Å². The van der Waals surface area contributed by atoms with Gasteiger partial charge in [0, 0.05) is 23.8 Å². The number of rotatable bonds is 6. The van der Waals surface area contributed by atoms with E-state index in [4.69, 9.17) is 17.3 Å². The van der Waals surface area contributed by atoms with Crippen molar-refractivity contribution in [1.29, 1.82) is 0 Å². The molecule has 2 aliphatic rings. The number of nitrogens with two attached hydrogens (primary N) is 1. The molecule has 0 aliphatic heterocycles. The van der Waals surface area contributed by atoms with Gasteiger partial charge in [-0.05, 0) is 62.1 Å². The first-order valence-electron chi connectivity index (χ1n) is 7.43. The molecule has 0 unspecified atom stereocenters. The first-order valence-corrected chi connectivity index (χ1v) is 9.25. The summed E-state index contributed by atoms with van der Waals surface area (Å²) in [5.41, 5.74) is 7.04. The average molecular weight is 329 g/mol. The standard InChI is InChI=1S/C15H21ClN2O2S/c1-10-14(16)6-13(7-15(10)17)21(19,20)18(8-11-2-3-11)9-12-4-5-12/h6-7,11-12H,2-5,8-9,17H2,1H3. The third-order valence-electron chi connectivity index (χ3n) is 4.31. The molecule has 0 bridgehead atoms. The van der Waals surface area contributed by atoms with E-state index in [2.05, 4.69) is 0 Å². The molecule has 2 N–H and O–H groups in total. The first-order chi connectivity index (χ1) is 9.88. The van der Waals surface area contributed by atoms with Gasteiger partial charge in [-0.15, -0.1) is 0 Å². The number of anilines is 1. The highest BCUT2D eigenvalue weighted by molar-refractivity contribution is 7.89. The van der Waals surface area contributed by atoms with Crippen molar-refractivity contribution in [2.45, 2.75) is 37.5 Å². The van der Waals surface area contributed by atoms with Crippen LogP contribution in [-0.4, -0.2) is 25.8 Å². The molecule has 0 spiro atoms. The van der Waals surface area contributed by atoms with E-state index >= 15 is 0 Å². The van der Waals surface area contributed by atoms with Crippen molar-refractivity contribution < 1.29 is 8.42 Å². The maximum atomic E-state index is 12.9. The molecular weight excluding hydrogens is 308 g/mol. The van der Waals surface area contributed by atoms with Crippen molar-refractivity contribution >= 4 is 27.3 Å². The first kappa shape index (κ1) is 15.1. The van der Waals surface area contributed by atoms with Crippen LogP contribution in [0, 0.1) is 18.8 Å². The molecule has 21 heavy (non-hydrogen) atoms. The Kier molecular flexibility index (Phi) is 3.93. The topological polar surface area (TPSA) is 63.4 Å². The molecule has 0 radical (unpaired) electrons. The highest BCUT2D eigenvalue weighted by atomic mass is 35.5. The van der Waals surface area contributed by atoms with Crippen molar-refractivity contribution in [3.63, 3.8) is 0 Å². The molecule has 6 heteroatoms. The number of benzene rings is 1. The monoisotopic (exact) mass is 328 g/mol. The molecule has 1 aromatic carbocycles. The van der Waals surface area contributed by atoms with Crippen LogP contribution in [0.25, 0.3) is 0 Å². The summed E-state index contributed by atoms with van der Waals surface area (Å²) in [5, 5.41) is 0.409. The Bertz CT molecular complexity index is 615. The summed E-state index contributed by atoms with van der Waals surface area (Å²) >= 11 is 6.10. The summed E-state index contributed by atoms with van der Waals surface area (Å²) in [7, 11) is -3.50. The minimum Gasteiger partial charge on any atom is -0.398 e. The van der Waals surface area contributed by atoms with Crippen molar-refractivity contribution in [3.05, 3.63) is 22.7 Å². The fourth-order valence-electron chi connectivity index (χ4n) is 2.42. The predicted molar refractivity (Wildman–Crippen MR) is 84.8 cm³/mol. The molecule has 0 atom stereocenters. The van der Waals surface area contributed by atoms with Gasteiger partial charge in [0.15, 0.2) is 0 Å². The molecule has 2 aliphatic carbocycles. The van der Waals surface area contributed by atoms with E-state index in [1.807, 2.05) is 0 Å². The molecule has 1 aromatic rings. The van der Waals surface area contributed by atoms with Crippen LogP contribution in [0.2, 0.25) is 5.02 Å². The summed E-state index contributed by atoms with van der Waals surface area (Å²) in [6.45, 7) is 3.05. The molecule has 0 saturated heterocycles. The van der Waals surface area contributed by atoms with Crippen molar-refractivity contribution in [1.82, 2.24) is 4.31 Å². The fourth-order valence-corrected chi connectivity index (χ4v) is 4.37. The Hall–Kier alpha value is -0.780. The second-order valence-corrected chi connectivity index (χ2v) is 8.67. The zero-order chi connectivity index (χ0) is 15.2. The van der Waals surface area contributed by atoms with Crippen molar-refractivity contribution in [3.8, 4) is 0 Å². The van der Waals surface area contributed by atoms with E-state index in [1.54, 1.807) is 11.2 Å². The molecule has 0 amide bonds. The van der Waals surface area contributed by atoms with E-state index in [0.717, 1.165) is 31.2 Å². The van der Waals surface area contributed by atoms with Crippen LogP contribution in [0.5, 0.6) is 0 Å². The van der Waals surface area contributed by atoms with Gasteiger partial charge in [-0.3, -0.25) is 0 Å². The number of halogens is 1. The van der Waals surface area contributed by atoms with Gasteiger partial charge in [-0.1, -0.05) is 11.6 Å². The maximum absolute atomic E-state index is 12.9. The fraction of sp³-hybridized carbons (Fsp3) is 0.600. The van der Waals surface area contributed by atoms with E-state index in [-0.39, 0.29) is 4.90 Å². The Morgan fingerprint density at radius 3 is 2.14 bits per heavy atom. The van der Waals surface area contributed by atoms with Crippen molar-refractivity contribution in [2.75, 3.05) is 18.8 Å². The van der Waals surface area contributed by atoms with Crippen LogP contribution in [0.15, 0.2) is 17.0 Å². The summed E-state index contributed by atoms with van der Waals surface area (Å²) in [6.07, 6.45) is 4.53. The number of nitrogen functional groups attached to an aromatic ring is 1. The number of hydrogen-bond donors (Lipinski definition) is 1. The van der Waals surface area contributed by atoms with Crippen LogP contribution >= 0.6 is 11.6 Å². The Morgan fingerprint density at radius 2 is 1.71 bits per heavy atom. The summed E-state index contributed by atoms with van der Waals surface area (Å²) in [6, 6.07) is 3.05. The van der Waals surface area contributed by atoms with E-state index < -0.39 is 10.0 Å². The largest absolute Gasteiger partial charge is 0.398 e. The third kappa shape index (κ3) is 3.35. The lowest BCUT2D eigenvalue weighted by Crippen LogP contribution is -2.34. The Labute approximate surface area is 131 Å². The predicted octanol–water partition coefficient (Wildman–Crippen LogP) is 3.04. The quantitative estimate of drug-likeness (QED) is 0.816. The SMILES string of the molecule is Cc1c(N)cc(S(=O)(=O)N(CC2CC2)CC2CC2)cc1Cl. The second-order valence-electron chi connectivity index (χ2n) is 6.33. The molecule has 0 heterocycles. The molecule has 2 saturated carbocycles. The normalized spacial score (nSPS) is 19.2. The van der Waals surface area contributed by atoms with E-state index in [9.17, 15) is 8.42 Å². The van der Waals surface area contributed by atoms with Crippen molar-refractivity contribution in [2.24, 2.45) is 11.8 Å². The average Bonchev–Trinajstić information content (AvgIpc) is 3.29. The van der Waals surface area contributed by atoms with Gasteiger partial charge in [0.05, 0.1) is 4.90 Å². The molecule has 2 fully saturated rings. The zero-order valence-corrected chi connectivity index (χ0v) is 13.8. The highest BCUT2D eigenvalue weighted by Crippen LogP contribution is 2.37. The minimum absolute atomic E-state index is 0.219. The zero-order valence-electron chi connectivity index (χ0n) is 12.2. The van der Waals surface area contributed by atoms with E-state index in [1.165, 1.54) is 12.1 Å².